The number of nitrogens with one attached hydrogen (secondary N) is 1. The van der Waals surface area contributed by atoms with E-state index < -0.39 is 0 Å². The first-order valence-electron chi connectivity index (χ1n) is 7.84. The van der Waals surface area contributed by atoms with Gasteiger partial charge in [-0.05, 0) is 17.9 Å². The van der Waals surface area contributed by atoms with Gasteiger partial charge in [0.05, 0.1) is 6.54 Å². The second kappa shape index (κ2) is 6.21. The minimum absolute atomic E-state index is 0.601. The Morgan fingerprint density at radius 3 is 2.70 bits per heavy atom. The molecule has 1 aromatic carbocycles. The highest BCUT2D eigenvalue weighted by molar-refractivity contribution is 8.14. The zero-order valence-electron chi connectivity index (χ0n) is 12.4. The van der Waals surface area contributed by atoms with Gasteiger partial charge in [-0.1, -0.05) is 68.8 Å². The van der Waals surface area contributed by atoms with Gasteiger partial charge in [-0.15, -0.1) is 0 Å². The predicted octanol–water partition coefficient (Wildman–Crippen LogP) is 4.04. The second-order valence-electron chi connectivity index (χ2n) is 5.88. The van der Waals surface area contributed by atoms with Gasteiger partial charge < -0.3 is 5.32 Å². The summed E-state index contributed by atoms with van der Waals surface area (Å²) < 4.78 is 0. The molecule has 1 saturated carbocycles. The Kier molecular flexibility index (Phi) is 4.35. The molecular formula is C17H24N2S. The molecule has 20 heavy (non-hydrogen) atoms. The van der Waals surface area contributed by atoms with Crippen molar-refractivity contribution < 1.29 is 0 Å². The zero-order valence-corrected chi connectivity index (χ0v) is 13.2. The minimum Gasteiger partial charge on any atom is -0.362 e. The molecule has 2 nitrogen and oxygen atoms in total. The fourth-order valence-corrected chi connectivity index (χ4v) is 4.49. The lowest BCUT2D eigenvalue weighted by molar-refractivity contribution is 0.479. The number of rotatable bonds is 5. The van der Waals surface area contributed by atoms with Gasteiger partial charge in [0, 0.05) is 17.2 Å². The highest BCUT2D eigenvalue weighted by Crippen LogP contribution is 2.41. The van der Waals surface area contributed by atoms with Crippen LogP contribution >= 0.6 is 11.8 Å². The van der Waals surface area contributed by atoms with Crippen LogP contribution in [0, 0.1) is 5.92 Å². The van der Waals surface area contributed by atoms with Crippen LogP contribution in [0.3, 0.4) is 0 Å². The average Bonchev–Trinajstić information content (AvgIpc) is 3.10. The molecule has 0 amide bonds. The first kappa shape index (κ1) is 14.0. The smallest absolute Gasteiger partial charge is 0.157 e. The van der Waals surface area contributed by atoms with Crippen molar-refractivity contribution in [3.05, 3.63) is 35.9 Å². The summed E-state index contributed by atoms with van der Waals surface area (Å²) in [5.74, 6) is 1.50. The first-order valence-corrected chi connectivity index (χ1v) is 8.72. The van der Waals surface area contributed by atoms with Crippen LogP contribution in [0.2, 0.25) is 0 Å². The Balaban J connectivity index is 1.49. The summed E-state index contributed by atoms with van der Waals surface area (Å²) in [6, 6.07) is 11.4. The maximum Gasteiger partial charge on any atom is 0.157 e. The number of hydrogen-bond donors (Lipinski definition) is 1. The van der Waals surface area contributed by atoms with Crippen LogP contribution in [0.5, 0.6) is 0 Å². The van der Waals surface area contributed by atoms with Gasteiger partial charge in [0.2, 0.25) is 0 Å². The predicted molar refractivity (Wildman–Crippen MR) is 88.5 cm³/mol. The van der Waals surface area contributed by atoms with Crippen LogP contribution in [0.1, 0.15) is 44.6 Å². The molecule has 3 unspecified atom stereocenters. The van der Waals surface area contributed by atoms with Gasteiger partial charge in [-0.25, -0.2) is 0 Å². The van der Waals surface area contributed by atoms with E-state index in [0.29, 0.717) is 17.2 Å². The van der Waals surface area contributed by atoms with Gasteiger partial charge >= 0.3 is 0 Å². The molecule has 0 aromatic heterocycles. The topological polar surface area (TPSA) is 24.4 Å². The van der Waals surface area contributed by atoms with Crippen molar-refractivity contribution in [1.82, 2.24) is 5.32 Å². The fourth-order valence-electron chi connectivity index (χ4n) is 3.11. The highest BCUT2D eigenvalue weighted by Gasteiger charge is 2.40. The third-order valence-electron chi connectivity index (χ3n) is 4.58. The molecule has 1 aromatic rings. The zero-order chi connectivity index (χ0) is 13.9. The van der Waals surface area contributed by atoms with Crippen molar-refractivity contribution in [2.75, 3.05) is 6.54 Å². The molecule has 1 aliphatic carbocycles. The van der Waals surface area contributed by atoms with E-state index in [0.717, 1.165) is 12.5 Å². The molecule has 3 heteroatoms. The van der Waals surface area contributed by atoms with Crippen LogP contribution in [0.15, 0.2) is 35.3 Å². The van der Waals surface area contributed by atoms with E-state index in [1.165, 1.54) is 30.0 Å². The molecule has 1 aliphatic heterocycles. The summed E-state index contributed by atoms with van der Waals surface area (Å²) in [7, 11) is 0. The van der Waals surface area contributed by atoms with E-state index in [-0.39, 0.29) is 0 Å². The Hall–Kier alpha value is -0.960. The number of thioether (sulfide) groups is 1. The summed E-state index contributed by atoms with van der Waals surface area (Å²) in [6.07, 6.45) is 3.79. The molecule has 1 N–H and O–H groups in total. The average molecular weight is 288 g/mol. The second-order valence-corrected chi connectivity index (χ2v) is 7.11. The summed E-state index contributed by atoms with van der Waals surface area (Å²) >= 11 is 1.97. The molecule has 1 fully saturated rings. The maximum atomic E-state index is 4.71. The summed E-state index contributed by atoms with van der Waals surface area (Å²) in [5.41, 5.74) is 1.46. The van der Waals surface area contributed by atoms with Crippen molar-refractivity contribution in [3.8, 4) is 0 Å². The summed E-state index contributed by atoms with van der Waals surface area (Å²) in [6.45, 7) is 5.60. The van der Waals surface area contributed by atoms with E-state index in [4.69, 9.17) is 4.99 Å². The minimum atomic E-state index is 0.601. The van der Waals surface area contributed by atoms with Crippen molar-refractivity contribution in [3.63, 3.8) is 0 Å². The fraction of sp³-hybridized carbons (Fsp3) is 0.588. The largest absolute Gasteiger partial charge is 0.362 e. The van der Waals surface area contributed by atoms with E-state index in [2.05, 4.69) is 49.5 Å². The summed E-state index contributed by atoms with van der Waals surface area (Å²) in [4.78, 5) is 4.71. The quantitative estimate of drug-likeness (QED) is 0.884. The van der Waals surface area contributed by atoms with Gasteiger partial charge in [-0.2, -0.15) is 0 Å². The van der Waals surface area contributed by atoms with Crippen LogP contribution in [-0.4, -0.2) is 23.0 Å². The molecule has 0 radical (unpaired) electrons. The lowest BCUT2D eigenvalue weighted by atomic mass is 9.99. The number of amidine groups is 1. The maximum absolute atomic E-state index is 4.71. The lowest BCUT2D eigenvalue weighted by Crippen LogP contribution is -2.24. The van der Waals surface area contributed by atoms with Gasteiger partial charge in [0.1, 0.15) is 0 Å². The standard InChI is InChI=1S/C17H24N2S/c1-3-12(4-2)16-11-18-17(20-16)19-15-10-14(15)13-8-6-5-7-9-13/h5-9,12,14-16H,3-4,10-11H2,1-2H3,(H,18,19). The van der Waals surface area contributed by atoms with Crippen molar-refractivity contribution in [1.29, 1.82) is 0 Å². The van der Waals surface area contributed by atoms with Crippen LogP contribution in [-0.2, 0) is 0 Å². The first-order chi connectivity index (χ1) is 9.81. The number of nitrogens with zero attached hydrogens (tertiary/aromatic N) is 1. The Bertz CT molecular complexity index is 467. The molecule has 108 valence electrons. The molecule has 0 bridgehead atoms. The number of benzene rings is 1. The lowest BCUT2D eigenvalue weighted by Gasteiger charge is -2.18. The third kappa shape index (κ3) is 3.03. The third-order valence-corrected chi connectivity index (χ3v) is 5.89. The van der Waals surface area contributed by atoms with E-state index in [1.54, 1.807) is 0 Å². The van der Waals surface area contributed by atoms with Gasteiger partial charge in [0.15, 0.2) is 5.17 Å². The van der Waals surface area contributed by atoms with E-state index in [1.807, 2.05) is 11.8 Å². The number of hydrogen-bond acceptors (Lipinski definition) is 3. The Morgan fingerprint density at radius 1 is 1.25 bits per heavy atom. The monoisotopic (exact) mass is 288 g/mol. The molecule has 1 heterocycles. The molecule has 0 spiro atoms. The van der Waals surface area contributed by atoms with Crippen molar-refractivity contribution in [2.24, 2.45) is 10.9 Å². The molecular weight excluding hydrogens is 264 g/mol. The van der Waals surface area contributed by atoms with E-state index >= 15 is 0 Å². The molecule has 2 aliphatic rings. The van der Waals surface area contributed by atoms with Crippen molar-refractivity contribution in [2.45, 2.75) is 50.3 Å². The number of aliphatic imine (C=N–C) groups is 1. The van der Waals surface area contributed by atoms with Crippen LogP contribution in [0.25, 0.3) is 0 Å². The Labute approximate surface area is 126 Å². The van der Waals surface area contributed by atoms with E-state index in [9.17, 15) is 0 Å². The van der Waals surface area contributed by atoms with Gasteiger partial charge in [0.25, 0.3) is 0 Å². The van der Waals surface area contributed by atoms with Crippen LogP contribution in [0.4, 0.5) is 0 Å². The SMILES string of the molecule is CCC(CC)C1CN=C(NC2CC2c2ccccc2)S1. The van der Waals surface area contributed by atoms with Gasteiger partial charge in [-0.3, -0.25) is 4.99 Å². The Morgan fingerprint density at radius 2 is 2.00 bits per heavy atom. The highest BCUT2D eigenvalue weighted by atomic mass is 32.2. The normalized spacial score (nSPS) is 28.6. The van der Waals surface area contributed by atoms with Crippen molar-refractivity contribution >= 4 is 16.9 Å². The molecule has 3 atom stereocenters. The summed E-state index contributed by atoms with van der Waals surface area (Å²) in [5, 5.41) is 5.53. The molecule has 0 saturated heterocycles. The molecule has 3 rings (SSSR count). The van der Waals surface area contributed by atoms with Crippen LogP contribution < -0.4 is 5.32 Å².